The minimum Gasteiger partial charge on any atom is -0.405 e. The van der Waals surface area contributed by atoms with Gasteiger partial charge in [-0.3, -0.25) is 4.79 Å². The first-order chi connectivity index (χ1) is 35.9. The summed E-state index contributed by atoms with van der Waals surface area (Å²) < 4.78 is 150. The maximum atomic E-state index is 12.9. The molecule has 4 aromatic carbocycles. The third-order valence-electron chi connectivity index (χ3n) is 14.3. The summed E-state index contributed by atoms with van der Waals surface area (Å²) in [7, 11) is -1.64. The van der Waals surface area contributed by atoms with E-state index in [0.29, 0.717) is 47.1 Å². The summed E-state index contributed by atoms with van der Waals surface area (Å²) in [6, 6.07) is 22.7. The van der Waals surface area contributed by atoms with Gasteiger partial charge < -0.3 is 48.9 Å². The standard InChI is InChI=1S/C15H17BF3NO2.C12H24B2O4.C9H6Br2F3NO.C9H5BrF3N.C7H8BrN/c1-13(2)14(3,4)22-16(21-13)10-6-5-7-11-9(10)8-12(20-11)15(17,18)19;1-9(2)10(3,4)16-13(15-9)14-17-11(5,6)12(7,8)18-14;10-4-5-6(11)2-1-3-7(5)15-8(16)9(12,13)14;10-6-2-1-3-7-5(6)4-8(14-7)9(11,12)13;1-5-6(8)3-2-4-7(5)9/h5-8,20H,1-4H3;1-8H3;1-3H,4H2,(H,15,16);1-4,14H;2-4H,9H2,1H3. The molecule has 0 saturated carbocycles. The number of fused-ring (bicyclic) bond motifs is 2. The molecule has 0 spiro atoms. The minimum atomic E-state index is -4.88. The largest absolute Gasteiger partial charge is 0.495 e. The molecule has 0 aliphatic carbocycles. The molecule has 9 rings (SSSR count). The molecule has 0 radical (unpaired) electrons. The molecule has 430 valence electrons. The van der Waals surface area contributed by atoms with Gasteiger partial charge in [-0.05, 0) is 161 Å². The predicted octanol–water partition coefficient (Wildman–Crippen LogP) is 15.9. The second-order valence-electron chi connectivity index (χ2n) is 21.5. The van der Waals surface area contributed by atoms with Crippen molar-refractivity contribution < 1.29 is 72.2 Å². The molecule has 2 aromatic heterocycles. The van der Waals surface area contributed by atoms with Crippen molar-refractivity contribution >= 4 is 129 Å². The molecule has 0 bridgehead atoms. The van der Waals surface area contributed by atoms with Gasteiger partial charge in [0.2, 0.25) is 0 Å². The van der Waals surface area contributed by atoms with Gasteiger partial charge in [0.05, 0.1) is 33.6 Å². The summed E-state index contributed by atoms with van der Waals surface area (Å²) in [4.78, 5) is 15.5. The van der Waals surface area contributed by atoms with Crippen molar-refractivity contribution in [3.63, 3.8) is 0 Å². The van der Waals surface area contributed by atoms with E-state index in [1.807, 2.05) is 114 Å². The zero-order valence-corrected chi connectivity index (χ0v) is 51.7. The first-order valence-electron chi connectivity index (χ1n) is 24.3. The monoisotopic (exact) mass is 1370 g/mol. The first kappa shape index (κ1) is 66.3. The number of halogens is 13. The number of anilines is 2. The summed E-state index contributed by atoms with van der Waals surface area (Å²) in [6.07, 6.45) is -13.6. The number of alkyl halides is 10. The molecule has 3 saturated heterocycles. The van der Waals surface area contributed by atoms with E-state index in [9.17, 15) is 44.3 Å². The Hall–Kier alpha value is -3.53. The van der Waals surface area contributed by atoms with Crippen LogP contribution < -0.4 is 16.5 Å². The average molecular weight is 1380 g/mol. The van der Waals surface area contributed by atoms with Gasteiger partial charge in [0, 0.05) is 52.1 Å². The number of aromatic amines is 2. The number of carbonyl (C=O) groups is 1. The second-order valence-corrected chi connectivity index (χ2v) is 24.6. The molecule has 0 atom stereocenters. The highest BCUT2D eigenvalue weighted by molar-refractivity contribution is 9.11. The number of amides is 1. The Bertz CT molecular complexity index is 3010. The van der Waals surface area contributed by atoms with Gasteiger partial charge in [0.15, 0.2) is 0 Å². The first-order valence-corrected chi connectivity index (χ1v) is 27.8. The molecule has 5 heterocycles. The van der Waals surface area contributed by atoms with Gasteiger partial charge in [-0.1, -0.05) is 94.1 Å². The van der Waals surface area contributed by atoms with Crippen molar-refractivity contribution in [3.8, 4) is 0 Å². The quantitative estimate of drug-likeness (QED) is 0.0592. The van der Waals surface area contributed by atoms with Crippen LogP contribution in [-0.4, -0.2) is 76.8 Å². The lowest BCUT2D eigenvalue weighted by Gasteiger charge is -2.32. The average Bonchev–Trinajstić information content (AvgIpc) is 4.23. The molecule has 3 aliphatic heterocycles. The van der Waals surface area contributed by atoms with Crippen molar-refractivity contribution in [2.75, 3.05) is 11.1 Å². The molecule has 3 fully saturated rings. The van der Waals surface area contributed by atoms with Gasteiger partial charge >= 0.3 is 45.6 Å². The molecule has 0 unspecified atom stereocenters. The van der Waals surface area contributed by atoms with Crippen LogP contribution in [-0.2, 0) is 50.4 Å². The zero-order chi connectivity index (χ0) is 59.9. The van der Waals surface area contributed by atoms with Crippen LogP contribution in [0.25, 0.3) is 21.8 Å². The topological polar surface area (TPSA) is 142 Å². The summed E-state index contributed by atoms with van der Waals surface area (Å²) in [5, 5.41) is 3.16. The van der Waals surface area contributed by atoms with Crippen molar-refractivity contribution in [3.05, 3.63) is 121 Å². The number of hydrogen-bond donors (Lipinski definition) is 4. The smallest absolute Gasteiger partial charge is 0.405 e. The number of H-pyrrole nitrogens is 2. The second kappa shape index (κ2) is 24.4. The molecule has 79 heavy (non-hydrogen) atoms. The molecule has 5 N–H and O–H groups in total. The van der Waals surface area contributed by atoms with Crippen LogP contribution in [0.5, 0.6) is 0 Å². The van der Waals surface area contributed by atoms with Crippen LogP contribution in [0.3, 0.4) is 0 Å². The SMILES string of the molecule is CC1(C)OB(B2OC(C)(C)C(C)(C)O2)OC1(C)C.CC1(C)OB(c2cccc3[nH]c(C(F)(F)F)cc23)OC1(C)C.Cc1c(N)cccc1Br.FC(F)(F)c1cc2c(Br)cccc2[nH]1.O=C(Nc1cccc(Br)c1CBr)C(F)(F)F. The van der Waals surface area contributed by atoms with E-state index in [1.165, 1.54) is 6.07 Å². The Kier molecular flexibility index (Phi) is 20.4. The number of hydrogen-bond acceptors (Lipinski definition) is 8. The highest BCUT2D eigenvalue weighted by Gasteiger charge is 2.64. The molecule has 1 amide bonds. The lowest BCUT2D eigenvalue weighted by Crippen LogP contribution is -2.41. The molecular weight excluding hydrogens is 1320 g/mol. The van der Waals surface area contributed by atoms with Crippen LogP contribution in [0.4, 0.5) is 50.9 Å². The lowest BCUT2D eigenvalue weighted by molar-refractivity contribution is -0.167. The number of nitrogens with one attached hydrogen (secondary N) is 3. The van der Waals surface area contributed by atoms with E-state index in [0.717, 1.165) is 27.9 Å². The Morgan fingerprint density at radius 2 is 0.937 bits per heavy atom. The number of benzene rings is 4. The fraction of sp³-hybridized carbons (Fsp3) is 0.442. The van der Waals surface area contributed by atoms with E-state index in [4.69, 9.17) is 33.7 Å². The van der Waals surface area contributed by atoms with Crippen LogP contribution in [0.2, 0.25) is 0 Å². The molecule has 27 heteroatoms. The van der Waals surface area contributed by atoms with Crippen molar-refractivity contribution in [1.82, 2.24) is 9.97 Å². The number of rotatable bonds is 4. The van der Waals surface area contributed by atoms with Gasteiger partial charge in [0.25, 0.3) is 0 Å². The normalized spacial score (nSPS) is 18.6. The summed E-state index contributed by atoms with van der Waals surface area (Å²) in [5.41, 5.74) is 5.71. The fourth-order valence-electron chi connectivity index (χ4n) is 7.41. The van der Waals surface area contributed by atoms with E-state index in [-0.39, 0.29) is 28.1 Å². The molecular formula is C52H60B3Br4F9N4O7. The van der Waals surface area contributed by atoms with Gasteiger partial charge in [0.1, 0.15) is 11.4 Å². The third kappa shape index (κ3) is 15.8. The van der Waals surface area contributed by atoms with Crippen LogP contribution in [0, 0.1) is 6.92 Å². The highest BCUT2D eigenvalue weighted by atomic mass is 79.9. The highest BCUT2D eigenvalue weighted by Crippen LogP contribution is 2.44. The van der Waals surface area contributed by atoms with Crippen LogP contribution in [0.15, 0.2) is 98.3 Å². The third-order valence-corrected chi connectivity index (χ3v) is 17.1. The maximum Gasteiger partial charge on any atom is 0.495 e. The molecule has 3 aliphatic rings. The minimum absolute atomic E-state index is 0.133. The van der Waals surface area contributed by atoms with Crippen molar-refractivity contribution in [2.45, 2.75) is 147 Å². The maximum absolute atomic E-state index is 12.9. The summed E-state index contributed by atoms with van der Waals surface area (Å²) in [5.74, 6) is -1.98. The fourth-order valence-corrected chi connectivity index (χ4v) is 9.76. The predicted molar refractivity (Wildman–Crippen MR) is 307 cm³/mol. The Morgan fingerprint density at radius 1 is 0.557 bits per heavy atom. The zero-order valence-electron chi connectivity index (χ0n) is 45.4. The lowest BCUT2D eigenvalue weighted by atomic mass is 9.49. The number of carbonyl (C=O) groups excluding carboxylic acids is 1. The Labute approximate surface area is 488 Å². The van der Waals surface area contributed by atoms with Gasteiger partial charge in [-0.25, -0.2) is 0 Å². The Balaban J connectivity index is 0.000000186. The van der Waals surface area contributed by atoms with E-state index in [2.05, 4.69) is 73.7 Å². The number of aromatic nitrogens is 2. The van der Waals surface area contributed by atoms with E-state index >= 15 is 0 Å². The van der Waals surface area contributed by atoms with Crippen molar-refractivity contribution in [2.24, 2.45) is 0 Å². The van der Waals surface area contributed by atoms with Gasteiger partial charge in [-0.2, -0.15) is 39.5 Å². The molecule has 6 aromatic rings. The molecule has 11 nitrogen and oxygen atoms in total. The van der Waals surface area contributed by atoms with E-state index < -0.39 is 68.2 Å². The van der Waals surface area contributed by atoms with E-state index in [1.54, 1.807) is 48.5 Å². The van der Waals surface area contributed by atoms with Crippen LogP contribution in [0.1, 0.15) is 106 Å². The van der Waals surface area contributed by atoms with Gasteiger partial charge in [-0.15, -0.1) is 0 Å². The Morgan fingerprint density at radius 3 is 1.34 bits per heavy atom. The summed E-state index contributed by atoms with van der Waals surface area (Å²) in [6.45, 7) is 25.8. The van der Waals surface area contributed by atoms with Crippen LogP contribution >= 0.6 is 63.7 Å². The number of nitrogen functional groups attached to an aromatic ring is 1. The summed E-state index contributed by atoms with van der Waals surface area (Å²) >= 11 is 12.9. The van der Waals surface area contributed by atoms with Crippen molar-refractivity contribution in [1.29, 1.82) is 0 Å². The number of nitrogens with two attached hydrogens (primary N) is 1.